The summed E-state index contributed by atoms with van der Waals surface area (Å²) >= 11 is 0. The van der Waals surface area contributed by atoms with Crippen molar-refractivity contribution in [3.63, 3.8) is 0 Å². The lowest BCUT2D eigenvalue weighted by molar-refractivity contribution is -0.173. The molecule has 1 fully saturated rings. The summed E-state index contributed by atoms with van der Waals surface area (Å²) in [6, 6.07) is 2.16. The van der Waals surface area contributed by atoms with Gasteiger partial charge in [-0.3, -0.25) is 9.88 Å². The maximum atomic E-state index is 13.6. The monoisotopic (exact) mass is 407 g/mol. The maximum absolute atomic E-state index is 13.6. The standard InChI is InChI=1S/C21H28F3N5/c1-3-17-9-19(21(22,23)24)29-20(26-17)10-18(27-29)16-5-4-8-28(13-16)12-15-6-7-25-11-14(15)2/h6-7,10-11,16-17,19,26H,3-5,8-9,12-13H2,1-2H3/t16-,17+,19+/m1/s1. The molecule has 8 heteroatoms. The number of nitrogens with zero attached hydrogens (tertiary/aromatic N) is 4. The van der Waals surface area contributed by atoms with E-state index in [2.05, 4.69) is 27.2 Å². The van der Waals surface area contributed by atoms with Gasteiger partial charge >= 0.3 is 6.18 Å². The average molecular weight is 407 g/mol. The first-order valence-corrected chi connectivity index (χ1v) is 10.4. The summed E-state index contributed by atoms with van der Waals surface area (Å²) in [7, 11) is 0. The van der Waals surface area contributed by atoms with Gasteiger partial charge in [0.25, 0.3) is 0 Å². The number of fused-ring (bicyclic) bond motifs is 1. The first-order chi connectivity index (χ1) is 13.8. The molecule has 0 saturated carbocycles. The van der Waals surface area contributed by atoms with Crippen molar-refractivity contribution in [2.45, 2.75) is 70.3 Å². The molecule has 3 atom stereocenters. The number of likely N-dealkylation sites (tertiary alicyclic amines) is 1. The van der Waals surface area contributed by atoms with E-state index in [1.54, 1.807) is 6.20 Å². The van der Waals surface area contributed by atoms with Crippen LogP contribution in [0.3, 0.4) is 0 Å². The van der Waals surface area contributed by atoms with Crippen molar-refractivity contribution >= 4 is 5.82 Å². The van der Waals surface area contributed by atoms with Crippen LogP contribution in [0.2, 0.25) is 0 Å². The highest BCUT2D eigenvalue weighted by Crippen LogP contribution is 2.41. The molecule has 4 heterocycles. The summed E-state index contributed by atoms with van der Waals surface area (Å²) in [6.07, 6.45) is 2.06. The fraction of sp³-hybridized carbons (Fsp3) is 0.619. The molecule has 0 aliphatic carbocycles. The van der Waals surface area contributed by atoms with Crippen LogP contribution in [-0.2, 0) is 6.54 Å². The molecule has 0 radical (unpaired) electrons. The highest BCUT2D eigenvalue weighted by atomic mass is 19.4. The van der Waals surface area contributed by atoms with E-state index >= 15 is 0 Å². The van der Waals surface area contributed by atoms with Gasteiger partial charge in [-0.1, -0.05) is 6.92 Å². The molecule has 2 aliphatic rings. The van der Waals surface area contributed by atoms with Crippen molar-refractivity contribution < 1.29 is 13.2 Å². The van der Waals surface area contributed by atoms with Gasteiger partial charge < -0.3 is 5.32 Å². The van der Waals surface area contributed by atoms with E-state index in [1.807, 2.05) is 25.3 Å². The summed E-state index contributed by atoms with van der Waals surface area (Å²) in [5, 5.41) is 7.69. The number of halogens is 3. The second-order valence-electron chi connectivity index (χ2n) is 8.32. The van der Waals surface area contributed by atoms with E-state index < -0.39 is 12.2 Å². The lowest BCUT2D eigenvalue weighted by atomic mass is 9.94. The zero-order valence-electron chi connectivity index (χ0n) is 16.9. The van der Waals surface area contributed by atoms with Crippen molar-refractivity contribution in [2.75, 3.05) is 18.4 Å². The minimum atomic E-state index is -4.29. The number of anilines is 1. The van der Waals surface area contributed by atoms with E-state index in [9.17, 15) is 13.2 Å². The number of piperidine rings is 1. The van der Waals surface area contributed by atoms with Gasteiger partial charge in [0.05, 0.1) is 5.69 Å². The Morgan fingerprint density at radius 1 is 1.31 bits per heavy atom. The second-order valence-corrected chi connectivity index (χ2v) is 8.32. The van der Waals surface area contributed by atoms with Crippen molar-refractivity contribution in [3.8, 4) is 0 Å². The topological polar surface area (TPSA) is 46.0 Å². The number of aryl methyl sites for hydroxylation is 1. The van der Waals surface area contributed by atoms with Crippen LogP contribution >= 0.6 is 0 Å². The molecule has 5 nitrogen and oxygen atoms in total. The summed E-state index contributed by atoms with van der Waals surface area (Å²) in [5.74, 6) is 0.655. The Labute approximate surface area is 169 Å². The number of nitrogens with one attached hydrogen (secondary N) is 1. The van der Waals surface area contributed by atoms with Crippen LogP contribution in [0.15, 0.2) is 24.5 Å². The number of pyridine rings is 1. The number of hydrogen-bond donors (Lipinski definition) is 1. The molecule has 0 aromatic carbocycles. The number of aromatic nitrogens is 3. The Bertz CT molecular complexity index is 847. The first-order valence-electron chi connectivity index (χ1n) is 10.4. The van der Waals surface area contributed by atoms with Crippen molar-refractivity contribution in [3.05, 3.63) is 41.3 Å². The molecule has 29 heavy (non-hydrogen) atoms. The van der Waals surface area contributed by atoms with Crippen molar-refractivity contribution in [2.24, 2.45) is 0 Å². The Kier molecular flexibility index (Phi) is 5.55. The molecule has 2 aromatic rings. The SMILES string of the molecule is CC[C@H]1C[C@@H](C(F)(F)F)n2nc([C@@H]3CCCN(Cc4ccncc4C)C3)cc2N1. The Morgan fingerprint density at radius 3 is 2.86 bits per heavy atom. The molecule has 158 valence electrons. The molecule has 0 bridgehead atoms. The van der Waals surface area contributed by atoms with Crippen LogP contribution in [0.1, 0.15) is 61.4 Å². The largest absolute Gasteiger partial charge is 0.410 e. The highest BCUT2D eigenvalue weighted by molar-refractivity contribution is 5.42. The van der Waals surface area contributed by atoms with Gasteiger partial charge in [-0.25, -0.2) is 4.68 Å². The van der Waals surface area contributed by atoms with Gasteiger partial charge in [0.1, 0.15) is 5.82 Å². The predicted octanol–water partition coefficient (Wildman–Crippen LogP) is 4.66. The number of alkyl halides is 3. The molecule has 0 unspecified atom stereocenters. The average Bonchev–Trinajstić information content (AvgIpc) is 3.12. The predicted molar refractivity (Wildman–Crippen MR) is 106 cm³/mol. The quantitative estimate of drug-likeness (QED) is 0.801. The lowest BCUT2D eigenvalue weighted by Gasteiger charge is -2.33. The van der Waals surface area contributed by atoms with Crippen LogP contribution in [0.4, 0.5) is 19.0 Å². The number of hydrogen-bond acceptors (Lipinski definition) is 4. The fourth-order valence-corrected chi connectivity index (χ4v) is 4.50. The van der Waals surface area contributed by atoms with E-state index in [-0.39, 0.29) is 18.4 Å². The minimum Gasteiger partial charge on any atom is -0.367 e. The van der Waals surface area contributed by atoms with Crippen LogP contribution < -0.4 is 5.32 Å². The van der Waals surface area contributed by atoms with Crippen molar-refractivity contribution in [1.82, 2.24) is 19.7 Å². The zero-order chi connectivity index (χ0) is 20.6. The van der Waals surface area contributed by atoms with Crippen LogP contribution in [0.5, 0.6) is 0 Å². The summed E-state index contributed by atoms with van der Waals surface area (Å²) in [6.45, 7) is 6.61. The Hall–Kier alpha value is -2.09. The molecule has 2 aliphatic heterocycles. The zero-order valence-corrected chi connectivity index (χ0v) is 16.9. The van der Waals surface area contributed by atoms with E-state index in [0.29, 0.717) is 12.2 Å². The van der Waals surface area contributed by atoms with E-state index in [4.69, 9.17) is 0 Å². The molecule has 1 saturated heterocycles. The van der Waals surface area contributed by atoms with Crippen molar-refractivity contribution in [1.29, 1.82) is 0 Å². The highest BCUT2D eigenvalue weighted by Gasteiger charge is 2.46. The van der Waals surface area contributed by atoms with Gasteiger partial charge in [0, 0.05) is 43.5 Å². The third-order valence-corrected chi connectivity index (χ3v) is 6.23. The molecule has 2 aromatic heterocycles. The third kappa shape index (κ3) is 4.27. The second kappa shape index (κ2) is 7.97. The van der Waals surface area contributed by atoms with Gasteiger partial charge in [0.2, 0.25) is 0 Å². The van der Waals surface area contributed by atoms with E-state index in [1.165, 1.54) is 10.2 Å². The molecular weight excluding hydrogens is 379 g/mol. The molecule has 1 N–H and O–H groups in total. The summed E-state index contributed by atoms with van der Waals surface area (Å²) in [4.78, 5) is 6.52. The lowest BCUT2D eigenvalue weighted by Crippen LogP contribution is -2.39. The van der Waals surface area contributed by atoms with Crippen LogP contribution in [0.25, 0.3) is 0 Å². The van der Waals surface area contributed by atoms with Gasteiger partial charge in [0.15, 0.2) is 6.04 Å². The Morgan fingerprint density at radius 2 is 2.14 bits per heavy atom. The Balaban J connectivity index is 1.53. The fourth-order valence-electron chi connectivity index (χ4n) is 4.50. The molecular formula is C21H28F3N5. The smallest absolute Gasteiger partial charge is 0.367 e. The molecule has 0 amide bonds. The van der Waals surface area contributed by atoms with Gasteiger partial charge in [-0.05, 0) is 56.3 Å². The van der Waals surface area contributed by atoms with Crippen LogP contribution in [0, 0.1) is 6.92 Å². The normalized spacial score (nSPS) is 25.5. The van der Waals surface area contributed by atoms with Gasteiger partial charge in [-0.15, -0.1) is 0 Å². The maximum Gasteiger partial charge on any atom is 0.410 e. The van der Waals surface area contributed by atoms with Crippen LogP contribution in [-0.4, -0.2) is 45.0 Å². The minimum absolute atomic E-state index is 0.0340. The summed E-state index contributed by atoms with van der Waals surface area (Å²) < 4.78 is 42.0. The third-order valence-electron chi connectivity index (χ3n) is 6.23. The molecule has 0 spiro atoms. The molecule has 4 rings (SSSR count). The van der Waals surface area contributed by atoms with E-state index in [0.717, 1.165) is 43.7 Å². The summed E-state index contributed by atoms with van der Waals surface area (Å²) in [5.41, 5.74) is 3.18. The first kappa shape index (κ1) is 20.2. The number of rotatable bonds is 4. The van der Waals surface area contributed by atoms with Gasteiger partial charge in [-0.2, -0.15) is 18.3 Å².